The summed E-state index contributed by atoms with van der Waals surface area (Å²) in [4.78, 5) is 30.4. The number of hydrogen-bond acceptors (Lipinski definition) is 9. The van der Waals surface area contributed by atoms with Crippen LogP contribution >= 0.6 is 9.24 Å². The summed E-state index contributed by atoms with van der Waals surface area (Å²) >= 11 is 0. The van der Waals surface area contributed by atoms with Crippen LogP contribution < -0.4 is 22.2 Å². The van der Waals surface area contributed by atoms with E-state index in [1.54, 1.807) is 6.20 Å². The van der Waals surface area contributed by atoms with E-state index in [0.717, 1.165) is 29.4 Å². The van der Waals surface area contributed by atoms with Gasteiger partial charge in [0.15, 0.2) is 5.69 Å². The zero-order chi connectivity index (χ0) is 25.4. The minimum atomic E-state index is -1.30. The summed E-state index contributed by atoms with van der Waals surface area (Å²) in [7, 11) is 2.71. The van der Waals surface area contributed by atoms with Crippen LogP contribution in [-0.4, -0.2) is 79.7 Å². The van der Waals surface area contributed by atoms with E-state index in [9.17, 15) is 14.0 Å². The average molecular weight is 507 g/mol. The Hall–Kier alpha value is -3.15. The molecule has 0 radical (unpaired) electrons. The third-order valence-corrected chi connectivity index (χ3v) is 5.64. The molecule has 12 nitrogen and oxygen atoms in total. The maximum atomic E-state index is 14.4. The van der Waals surface area contributed by atoms with Gasteiger partial charge in [-0.05, 0) is 24.2 Å². The maximum Gasteiger partial charge on any atom is 0.273 e. The number of likely N-dealkylation sites (tertiary alicyclic amines) is 1. The van der Waals surface area contributed by atoms with Crippen LogP contribution in [0.1, 0.15) is 28.2 Å². The Morgan fingerprint density at radius 3 is 2.86 bits per heavy atom. The minimum Gasteiger partial charge on any atom is -0.384 e. The molecule has 0 spiro atoms. The minimum absolute atomic E-state index is 0.0426. The fourth-order valence-electron chi connectivity index (χ4n) is 3.39. The van der Waals surface area contributed by atoms with E-state index in [-0.39, 0.29) is 49.4 Å². The topological polar surface area (TPSA) is 160 Å². The summed E-state index contributed by atoms with van der Waals surface area (Å²) in [6.45, 7) is 4.20. The second-order valence-electron chi connectivity index (χ2n) is 8.53. The first-order chi connectivity index (χ1) is 16.7. The number of aryl methyl sites for hydroxylation is 2. The Bertz CT molecular complexity index is 1030. The molecule has 2 aromatic rings. The second kappa shape index (κ2) is 12.5. The summed E-state index contributed by atoms with van der Waals surface area (Å²) in [5.41, 5.74) is 8.18. The lowest BCUT2D eigenvalue weighted by Crippen LogP contribution is -2.51. The van der Waals surface area contributed by atoms with Crippen molar-refractivity contribution in [3.8, 4) is 0 Å². The molecular weight excluding hydrogens is 474 g/mol. The highest BCUT2D eigenvalue weighted by Crippen LogP contribution is 2.14. The van der Waals surface area contributed by atoms with Crippen molar-refractivity contribution in [2.45, 2.75) is 38.3 Å². The number of rotatable bonds is 12. The first kappa shape index (κ1) is 26.5. The van der Waals surface area contributed by atoms with Gasteiger partial charge in [0.2, 0.25) is 5.91 Å². The van der Waals surface area contributed by atoms with Crippen LogP contribution in [-0.2, 0) is 17.9 Å². The van der Waals surface area contributed by atoms with Crippen LogP contribution in [0.15, 0.2) is 36.5 Å². The van der Waals surface area contributed by atoms with Crippen molar-refractivity contribution >= 4 is 21.1 Å². The van der Waals surface area contributed by atoms with Crippen molar-refractivity contribution in [1.82, 2.24) is 40.5 Å². The number of nitrogens with one attached hydrogen (secondary N) is 2. The third kappa shape index (κ3) is 8.85. The number of alkyl halides is 1. The number of halogens is 1. The number of carbonyl (C=O) groups excluding carboxylic acids is 2. The molecule has 3 heterocycles. The molecule has 0 aliphatic carbocycles. The SMILES string of the molecule is Cc1ccc(CNC(=O)c2cn(CCC(F)CN(N)/C=C(\N)NC(=O)CN3CC(P)C3)nn2)cn1. The third-order valence-electron chi connectivity index (χ3n) is 5.22. The molecule has 2 atom stereocenters. The number of aromatic nitrogens is 4. The Morgan fingerprint density at radius 1 is 1.40 bits per heavy atom. The molecule has 1 aliphatic rings. The lowest BCUT2D eigenvalue weighted by atomic mass is 10.2. The highest BCUT2D eigenvalue weighted by Gasteiger charge is 2.24. The number of hydrogen-bond donors (Lipinski definition) is 4. The van der Waals surface area contributed by atoms with Crippen LogP contribution in [0, 0.1) is 6.92 Å². The van der Waals surface area contributed by atoms with Gasteiger partial charge < -0.3 is 21.4 Å². The predicted molar refractivity (Wildman–Crippen MR) is 131 cm³/mol. The standard InChI is InChI=1S/C21H32FN10O2P/c1-14-2-3-15(6-25-14)7-26-21(34)18-11-32(29-28-18)5-4-16(22)8-31(24)12-19(23)27-20(33)13-30-9-17(35)10-30/h2-3,6,11-12,16-17H,4-5,7-10,13,23-24,35H2,1H3,(H,26,34)(H,27,33)/b19-12+. The summed E-state index contributed by atoms with van der Waals surface area (Å²) in [5, 5.41) is 14.1. The average Bonchev–Trinajstić information content (AvgIpc) is 3.25. The number of amides is 2. The molecule has 0 bridgehead atoms. The molecule has 3 rings (SSSR count). The number of nitrogens with two attached hydrogens (primary N) is 2. The lowest BCUT2D eigenvalue weighted by Gasteiger charge is -2.36. The Morgan fingerprint density at radius 2 is 2.17 bits per heavy atom. The smallest absolute Gasteiger partial charge is 0.273 e. The zero-order valence-corrected chi connectivity index (χ0v) is 20.8. The van der Waals surface area contributed by atoms with Crippen molar-refractivity contribution in [3.05, 3.63) is 53.5 Å². The molecule has 2 aromatic heterocycles. The van der Waals surface area contributed by atoms with Crippen molar-refractivity contribution in [2.24, 2.45) is 11.6 Å². The van der Waals surface area contributed by atoms with Gasteiger partial charge in [-0.3, -0.25) is 24.2 Å². The zero-order valence-electron chi connectivity index (χ0n) is 19.6. The molecule has 0 aromatic carbocycles. The molecule has 2 unspecified atom stereocenters. The second-order valence-corrected chi connectivity index (χ2v) is 9.47. The van der Waals surface area contributed by atoms with Gasteiger partial charge in [-0.15, -0.1) is 14.3 Å². The Balaban J connectivity index is 1.36. The molecule has 1 aliphatic heterocycles. The highest BCUT2D eigenvalue weighted by atomic mass is 31.0. The van der Waals surface area contributed by atoms with E-state index in [1.165, 1.54) is 17.1 Å². The molecule has 14 heteroatoms. The number of pyridine rings is 1. The van der Waals surface area contributed by atoms with Crippen molar-refractivity contribution in [2.75, 3.05) is 26.2 Å². The molecule has 1 saturated heterocycles. The van der Waals surface area contributed by atoms with Crippen LogP contribution in [0.3, 0.4) is 0 Å². The van der Waals surface area contributed by atoms with Gasteiger partial charge in [-0.2, -0.15) is 0 Å². The maximum absolute atomic E-state index is 14.4. The Kier molecular flexibility index (Phi) is 9.47. The lowest BCUT2D eigenvalue weighted by molar-refractivity contribution is -0.122. The molecule has 2 amide bonds. The van der Waals surface area contributed by atoms with Gasteiger partial charge >= 0.3 is 0 Å². The van der Waals surface area contributed by atoms with Crippen LogP contribution in [0.2, 0.25) is 0 Å². The van der Waals surface area contributed by atoms with E-state index in [4.69, 9.17) is 11.6 Å². The molecular formula is C21H32FN10O2P. The number of nitrogens with zero attached hydrogens (tertiary/aromatic N) is 6. The van der Waals surface area contributed by atoms with E-state index in [0.29, 0.717) is 12.2 Å². The fourth-order valence-corrected chi connectivity index (χ4v) is 3.98. The molecule has 0 saturated carbocycles. The van der Waals surface area contributed by atoms with E-state index in [2.05, 4.69) is 35.2 Å². The van der Waals surface area contributed by atoms with E-state index in [1.807, 2.05) is 24.0 Å². The summed E-state index contributed by atoms with van der Waals surface area (Å²) < 4.78 is 15.8. The van der Waals surface area contributed by atoms with Gasteiger partial charge in [0.05, 0.1) is 25.5 Å². The predicted octanol–water partition coefficient (Wildman–Crippen LogP) is -0.751. The molecule has 6 N–H and O–H groups in total. The first-order valence-corrected chi connectivity index (χ1v) is 11.8. The van der Waals surface area contributed by atoms with E-state index >= 15 is 0 Å². The van der Waals surface area contributed by atoms with Gasteiger partial charge in [0.25, 0.3) is 5.91 Å². The monoisotopic (exact) mass is 506 g/mol. The van der Waals surface area contributed by atoms with Gasteiger partial charge in [0.1, 0.15) is 12.0 Å². The normalized spacial score (nSPS) is 15.4. The van der Waals surface area contributed by atoms with Crippen LogP contribution in [0.4, 0.5) is 4.39 Å². The van der Waals surface area contributed by atoms with Gasteiger partial charge in [-0.1, -0.05) is 11.3 Å². The van der Waals surface area contributed by atoms with E-state index < -0.39 is 6.17 Å². The molecule has 35 heavy (non-hydrogen) atoms. The largest absolute Gasteiger partial charge is 0.384 e. The first-order valence-electron chi connectivity index (χ1n) is 11.2. The van der Waals surface area contributed by atoms with Crippen molar-refractivity contribution in [1.29, 1.82) is 0 Å². The number of carbonyl (C=O) groups is 2. The fraction of sp³-hybridized carbons (Fsp3) is 0.476. The highest BCUT2D eigenvalue weighted by molar-refractivity contribution is 7.17. The summed E-state index contributed by atoms with van der Waals surface area (Å²) in [5.74, 6) is 5.20. The van der Waals surface area contributed by atoms with Crippen molar-refractivity contribution < 1.29 is 14.0 Å². The summed E-state index contributed by atoms with van der Waals surface area (Å²) in [6.07, 6.45) is 3.23. The van der Waals surface area contributed by atoms with Crippen molar-refractivity contribution in [3.63, 3.8) is 0 Å². The van der Waals surface area contributed by atoms with Crippen LogP contribution in [0.5, 0.6) is 0 Å². The molecule has 190 valence electrons. The quantitative estimate of drug-likeness (QED) is 0.165. The number of hydrazine groups is 1. The molecule has 1 fully saturated rings. The van der Waals surface area contributed by atoms with Gasteiger partial charge in [0, 0.05) is 44.5 Å². The summed E-state index contributed by atoms with van der Waals surface area (Å²) in [6, 6.07) is 3.74. The Labute approximate surface area is 205 Å². The van der Waals surface area contributed by atoms with Gasteiger partial charge in [-0.25, -0.2) is 10.2 Å². The van der Waals surface area contributed by atoms with Crippen LogP contribution in [0.25, 0.3) is 0 Å².